The second-order valence-electron chi connectivity index (χ2n) is 8.34. The van der Waals surface area contributed by atoms with Crippen molar-refractivity contribution >= 4 is 22.8 Å². The molecule has 0 saturated heterocycles. The Hall–Kier alpha value is -3.30. The highest BCUT2D eigenvalue weighted by molar-refractivity contribution is 6.32. The van der Waals surface area contributed by atoms with Gasteiger partial charge in [0, 0.05) is 6.42 Å². The zero-order valence-electron chi connectivity index (χ0n) is 19.0. The Balaban J connectivity index is 1.59. The van der Waals surface area contributed by atoms with E-state index in [1.54, 1.807) is 17.6 Å². The van der Waals surface area contributed by atoms with E-state index in [9.17, 15) is 18.7 Å². The van der Waals surface area contributed by atoms with Gasteiger partial charge in [-0.1, -0.05) is 48.0 Å². The standard InChI is InChI=1S/C25H25ClF2N4O3/c1-15(33)19(9-5-8-16-6-3-2-4-7-16)32-14-29-22-23(32)30-21(31-24(22)34)13-17-10-11-18(26)20(12-17)35-25(27)28/h2-4,6-7,10-12,14-15,19,25,33H,5,8-9,13H2,1H3,(H,30,31,34). The Morgan fingerprint density at radius 1 is 1.17 bits per heavy atom. The van der Waals surface area contributed by atoms with Gasteiger partial charge >= 0.3 is 6.61 Å². The Labute approximate surface area is 205 Å². The quantitative estimate of drug-likeness (QED) is 0.321. The summed E-state index contributed by atoms with van der Waals surface area (Å²) in [4.78, 5) is 24.2. The van der Waals surface area contributed by atoms with Crippen LogP contribution in [0.15, 0.2) is 59.7 Å². The minimum atomic E-state index is -3.01. The van der Waals surface area contributed by atoms with E-state index in [0.717, 1.165) is 12.8 Å². The summed E-state index contributed by atoms with van der Waals surface area (Å²) in [6.45, 7) is -1.31. The van der Waals surface area contributed by atoms with Crippen molar-refractivity contribution in [3.8, 4) is 5.75 Å². The fraction of sp³-hybridized carbons (Fsp3) is 0.320. The lowest BCUT2D eigenvalue weighted by atomic mass is 10.0. The van der Waals surface area contributed by atoms with Crippen LogP contribution in [0.5, 0.6) is 5.75 Å². The fourth-order valence-corrected chi connectivity index (χ4v) is 4.27. The van der Waals surface area contributed by atoms with Crippen molar-refractivity contribution in [2.45, 2.75) is 51.4 Å². The SMILES string of the molecule is CC(O)C(CCCc1ccccc1)n1cnc2c(=O)[nH]c(Cc3ccc(Cl)c(OC(F)F)c3)nc21. The lowest BCUT2D eigenvalue weighted by Gasteiger charge is -2.22. The number of nitrogens with one attached hydrogen (secondary N) is 1. The highest BCUT2D eigenvalue weighted by atomic mass is 35.5. The summed E-state index contributed by atoms with van der Waals surface area (Å²) < 4.78 is 31.5. The van der Waals surface area contributed by atoms with Crippen LogP contribution in [0.3, 0.4) is 0 Å². The number of H-pyrrole nitrogens is 1. The van der Waals surface area contributed by atoms with Crippen LogP contribution in [-0.2, 0) is 12.8 Å². The molecule has 0 radical (unpaired) electrons. The van der Waals surface area contributed by atoms with Crippen molar-refractivity contribution in [1.82, 2.24) is 19.5 Å². The topological polar surface area (TPSA) is 93.0 Å². The van der Waals surface area contributed by atoms with Gasteiger partial charge in [-0.15, -0.1) is 0 Å². The third kappa shape index (κ3) is 6.04. The molecule has 0 saturated carbocycles. The van der Waals surface area contributed by atoms with Gasteiger partial charge in [-0.05, 0) is 49.4 Å². The number of imidazole rings is 1. The van der Waals surface area contributed by atoms with Crippen LogP contribution in [0.4, 0.5) is 8.78 Å². The van der Waals surface area contributed by atoms with Gasteiger partial charge in [-0.3, -0.25) is 4.79 Å². The first kappa shape index (κ1) is 24.8. The average Bonchev–Trinajstić information content (AvgIpc) is 3.23. The number of aliphatic hydroxyl groups excluding tert-OH is 1. The van der Waals surface area contributed by atoms with E-state index in [0.29, 0.717) is 23.5 Å². The number of fused-ring (bicyclic) bond motifs is 1. The molecule has 0 aliphatic heterocycles. The third-order valence-corrected chi connectivity index (χ3v) is 6.10. The number of halogens is 3. The van der Waals surface area contributed by atoms with Crippen molar-refractivity contribution in [3.05, 3.63) is 87.2 Å². The zero-order chi connectivity index (χ0) is 24.9. The number of ether oxygens (including phenoxy) is 1. The van der Waals surface area contributed by atoms with E-state index >= 15 is 0 Å². The molecule has 2 N–H and O–H groups in total. The number of aliphatic hydroxyl groups is 1. The second kappa shape index (κ2) is 11.0. The van der Waals surface area contributed by atoms with E-state index in [1.165, 1.54) is 24.0 Å². The van der Waals surface area contributed by atoms with E-state index in [4.69, 9.17) is 11.6 Å². The van der Waals surface area contributed by atoms with Gasteiger partial charge in [0.25, 0.3) is 5.56 Å². The van der Waals surface area contributed by atoms with E-state index in [2.05, 4.69) is 31.8 Å². The third-order valence-electron chi connectivity index (χ3n) is 5.79. The predicted octanol–water partition coefficient (Wildman–Crippen LogP) is 4.91. The van der Waals surface area contributed by atoms with Crippen LogP contribution in [0.2, 0.25) is 5.02 Å². The number of rotatable bonds is 10. The average molecular weight is 503 g/mol. The molecule has 0 spiro atoms. The smallest absolute Gasteiger partial charge is 0.387 e. The Morgan fingerprint density at radius 3 is 2.66 bits per heavy atom. The first-order valence-corrected chi connectivity index (χ1v) is 11.6. The minimum absolute atomic E-state index is 0.0549. The number of hydrogen-bond donors (Lipinski definition) is 2. The summed E-state index contributed by atoms with van der Waals surface area (Å²) >= 11 is 5.93. The maximum absolute atomic E-state index is 12.7. The number of aromatic nitrogens is 4. The molecule has 2 unspecified atom stereocenters. The van der Waals surface area contributed by atoms with Gasteiger partial charge in [0.05, 0.1) is 23.5 Å². The lowest BCUT2D eigenvalue weighted by molar-refractivity contribution is -0.0498. The van der Waals surface area contributed by atoms with Crippen molar-refractivity contribution in [2.75, 3.05) is 0 Å². The monoisotopic (exact) mass is 502 g/mol. The molecular formula is C25H25ClF2N4O3. The maximum Gasteiger partial charge on any atom is 0.387 e. The highest BCUT2D eigenvalue weighted by Crippen LogP contribution is 2.28. The van der Waals surface area contributed by atoms with Crippen molar-refractivity contribution in [1.29, 1.82) is 0 Å². The van der Waals surface area contributed by atoms with Crippen LogP contribution in [0.25, 0.3) is 11.2 Å². The Bertz CT molecular complexity index is 1340. The fourth-order valence-electron chi connectivity index (χ4n) is 4.11. The largest absolute Gasteiger partial charge is 0.433 e. The number of aryl methyl sites for hydroxylation is 1. The van der Waals surface area contributed by atoms with Crippen LogP contribution in [0, 0.1) is 0 Å². The van der Waals surface area contributed by atoms with Gasteiger partial charge < -0.3 is 19.4 Å². The summed E-state index contributed by atoms with van der Waals surface area (Å²) in [7, 11) is 0. The molecule has 2 aromatic carbocycles. The van der Waals surface area contributed by atoms with E-state index in [-0.39, 0.29) is 28.8 Å². The van der Waals surface area contributed by atoms with Gasteiger partial charge in [0.15, 0.2) is 11.2 Å². The molecule has 7 nitrogen and oxygen atoms in total. The molecule has 2 heterocycles. The Kier molecular flexibility index (Phi) is 7.77. The van der Waals surface area contributed by atoms with Crippen LogP contribution < -0.4 is 10.3 Å². The molecule has 35 heavy (non-hydrogen) atoms. The molecule has 2 aromatic heterocycles. The van der Waals surface area contributed by atoms with Crippen LogP contribution >= 0.6 is 11.6 Å². The summed E-state index contributed by atoms with van der Waals surface area (Å²) in [6.07, 6.45) is 3.32. The van der Waals surface area contributed by atoms with Crippen molar-refractivity contribution in [2.24, 2.45) is 0 Å². The summed E-state index contributed by atoms with van der Waals surface area (Å²) in [6, 6.07) is 14.2. The molecule has 4 aromatic rings. The summed E-state index contributed by atoms with van der Waals surface area (Å²) in [5, 5.41) is 10.5. The first-order chi connectivity index (χ1) is 16.8. The summed E-state index contributed by atoms with van der Waals surface area (Å²) in [5.74, 6) is 0.170. The van der Waals surface area contributed by atoms with Crippen molar-refractivity contribution in [3.63, 3.8) is 0 Å². The van der Waals surface area contributed by atoms with Gasteiger partial charge in [0.2, 0.25) is 0 Å². The number of alkyl halides is 2. The van der Waals surface area contributed by atoms with Crippen LogP contribution in [-0.4, -0.2) is 37.3 Å². The summed E-state index contributed by atoms with van der Waals surface area (Å²) in [5.41, 5.74) is 1.89. The zero-order valence-corrected chi connectivity index (χ0v) is 19.8. The molecular weight excluding hydrogens is 478 g/mol. The normalized spacial score (nSPS) is 13.3. The number of hydrogen-bond acceptors (Lipinski definition) is 5. The van der Waals surface area contributed by atoms with E-state index in [1.807, 2.05) is 18.2 Å². The van der Waals surface area contributed by atoms with E-state index < -0.39 is 18.3 Å². The van der Waals surface area contributed by atoms with Crippen molar-refractivity contribution < 1.29 is 18.6 Å². The second-order valence-corrected chi connectivity index (χ2v) is 8.75. The minimum Gasteiger partial charge on any atom is -0.433 e. The molecule has 0 amide bonds. The molecule has 10 heteroatoms. The van der Waals surface area contributed by atoms with Crippen LogP contribution in [0.1, 0.15) is 42.8 Å². The first-order valence-electron chi connectivity index (χ1n) is 11.2. The van der Waals surface area contributed by atoms with Gasteiger partial charge in [-0.25, -0.2) is 9.97 Å². The molecule has 0 aliphatic carbocycles. The lowest BCUT2D eigenvalue weighted by Crippen LogP contribution is -2.22. The molecule has 4 rings (SSSR count). The number of nitrogens with zero attached hydrogens (tertiary/aromatic N) is 3. The predicted molar refractivity (Wildman–Crippen MR) is 129 cm³/mol. The maximum atomic E-state index is 12.7. The molecule has 0 aliphatic rings. The molecule has 0 fully saturated rings. The molecule has 0 bridgehead atoms. The molecule has 184 valence electrons. The highest BCUT2D eigenvalue weighted by Gasteiger charge is 2.22. The van der Waals surface area contributed by atoms with Gasteiger partial charge in [-0.2, -0.15) is 8.78 Å². The number of benzene rings is 2. The Morgan fingerprint density at radius 2 is 1.94 bits per heavy atom. The van der Waals surface area contributed by atoms with Gasteiger partial charge in [0.1, 0.15) is 11.6 Å². The number of aromatic amines is 1. The molecule has 2 atom stereocenters.